The van der Waals surface area contributed by atoms with E-state index in [1.165, 1.54) is 7.11 Å². The molecule has 24 heavy (non-hydrogen) atoms. The first-order valence-electron chi connectivity index (χ1n) is 7.41. The van der Waals surface area contributed by atoms with Gasteiger partial charge in [-0.2, -0.15) is 0 Å². The summed E-state index contributed by atoms with van der Waals surface area (Å²) in [5, 5.41) is 0. The number of benzene rings is 2. The summed E-state index contributed by atoms with van der Waals surface area (Å²) in [4.78, 5) is 13.1. The second-order valence-electron chi connectivity index (χ2n) is 5.40. The molecule has 0 radical (unpaired) electrons. The van der Waals surface area contributed by atoms with Crippen molar-refractivity contribution in [1.29, 1.82) is 0 Å². The van der Waals surface area contributed by atoms with E-state index in [1.54, 1.807) is 25.3 Å². The third kappa shape index (κ3) is 2.49. The number of alkyl halides is 1. The summed E-state index contributed by atoms with van der Waals surface area (Å²) in [6.45, 7) is 3.88. The van der Waals surface area contributed by atoms with Crippen LogP contribution in [0.4, 0.5) is 0 Å². The van der Waals surface area contributed by atoms with Gasteiger partial charge in [-0.15, -0.1) is 6.58 Å². The van der Waals surface area contributed by atoms with E-state index in [2.05, 4.69) is 22.5 Å². The first-order chi connectivity index (χ1) is 11.5. The van der Waals surface area contributed by atoms with Crippen LogP contribution >= 0.6 is 15.9 Å². The lowest BCUT2D eigenvalue weighted by Crippen LogP contribution is -2.39. The molecule has 0 bridgehead atoms. The van der Waals surface area contributed by atoms with Gasteiger partial charge in [-0.05, 0) is 21.5 Å². The monoisotopic (exact) mass is 388 g/mol. The number of carbonyl (C=O) groups is 1. The molecule has 0 amide bonds. The van der Waals surface area contributed by atoms with Gasteiger partial charge in [0.2, 0.25) is 10.3 Å². The summed E-state index contributed by atoms with van der Waals surface area (Å²) in [7, 11) is 3.06. The summed E-state index contributed by atoms with van der Waals surface area (Å²) < 4.78 is 15.4. The predicted octanol–water partition coefficient (Wildman–Crippen LogP) is 4.34. The van der Waals surface area contributed by atoms with Crippen molar-refractivity contribution >= 4 is 21.7 Å². The fourth-order valence-corrected chi connectivity index (χ4v) is 3.72. The Morgan fingerprint density at radius 3 is 2.50 bits per heavy atom. The van der Waals surface area contributed by atoms with Crippen LogP contribution < -0.4 is 14.2 Å². The summed E-state index contributed by atoms with van der Waals surface area (Å²) in [6.07, 6.45) is 1.71. The second-order valence-corrected chi connectivity index (χ2v) is 6.58. The first kappa shape index (κ1) is 16.6. The van der Waals surface area contributed by atoms with E-state index < -0.39 is 4.51 Å². The Hall–Kier alpha value is -2.27. The number of carbonyl (C=O) groups excluding carboxylic acids is 1. The van der Waals surface area contributed by atoms with E-state index in [0.29, 0.717) is 22.8 Å². The molecule has 124 valence electrons. The fourth-order valence-electron chi connectivity index (χ4n) is 2.89. The van der Waals surface area contributed by atoms with Crippen molar-refractivity contribution in [3.63, 3.8) is 0 Å². The molecule has 0 saturated heterocycles. The maximum absolute atomic E-state index is 13.1. The van der Waals surface area contributed by atoms with E-state index in [4.69, 9.17) is 14.2 Å². The predicted molar refractivity (Wildman–Crippen MR) is 95.5 cm³/mol. The van der Waals surface area contributed by atoms with Gasteiger partial charge in [-0.25, -0.2) is 0 Å². The van der Waals surface area contributed by atoms with E-state index in [9.17, 15) is 4.79 Å². The molecule has 0 saturated carbocycles. The minimum absolute atomic E-state index is 0.203. The lowest BCUT2D eigenvalue weighted by atomic mass is 9.89. The number of ketones is 1. The molecule has 0 spiro atoms. The molecule has 0 aromatic heterocycles. The Kier molecular flexibility index (Phi) is 4.37. The van der Waals surface area contributed by atoms with Crippen LogP contribution in [0.5, 0.6) is 17.2 Å². The maximum atomic E-state index is 13.1. The average molecular weight is 389 g/mol. The van der Waals surface area contributed by atoms with Crippen LogP contribution in [0.3, 0.4) is 0 Å². The highest BCUT2D eigenvalue weighted by Gasteiger charge is 2.53. The van der Waals surface area contributed by atoms with E-state index in [1.807, 2.05) is 30.3 Å². The van der Waals surface area contributed by atoms with Crippen LogP contribution in [-0.2, 0) is 0 Å². The number of ether oxygens (including phenoxy) is 3. The average Bonchev–Trinajstić information content (AvgIpc) is 2.87. The third-order valence-electron chi connectivity index (χ3n) is 4.08. The van der Waals surface area contributed by atoms with Gasteiger partial charge in [0.05, 0.1) is 20.1 Å². The first-order valence-corrected chi connectivity index (χ1v) is 8.20. The van der Waals surface area contributed by atoms with Gasteiger partial charge >= 0.3 is 0 Å². The molecule has 1 aliphatic heterocycles. The van der Waals surface area contributed by atoms with Crippen LogP contribution in [0.25, 0.3) is 0 Å². The molecule has 2 atom stereocenters. The Balaban J connectivity index is 2.10. The van der Waals surface area contributed by atoms with Crippen molar-refractivity contribution in [1.82, 2.24) is 0 Å². The van der Waals surface area contributed by atoms with Gasteiger partial charge in [-0.3, -0.25) is 4.79 Å². The molecule has 4 nitrogen and oxygen atoms in total. The van der Waals surface area contributed by atoms with Gasteiger partial charge in [0.1, 0.15) is 22.8 Å². The normalized spacial score (nSPS) is 20.0. The summed E-state index contributed by atoms with van der Waals surface area (Å²) in [5.74, 6) is 0.840. The number of fused-ring (bicyclic) bond motifs is 1. The summed E-state index contributed by atoms with van der Waals surface area (Å²) in [6, 6.07) is 13.0. The molecule has 0 fully saturated rings. The smallest absolute Gasteiger partial charge is 0.236 e. The SMILES string of the molecule is C=C[C@H](c1ccccc1)C1(Br)Oc2cc(OC)cc(OC)c2C1=O. The number of hydrogen-bond acceptors (Lipinski definition) is 4. The van der Waals surface area contributed by atoms with Crippen molar-refractivity contribution in [2.24, 2.45) is 0 Å². The summed E-state index contributed by atoms with van der Waals surface area (Å²) >= 11 is 3.53. The van der Waals surface area contributed by atoms with Crippen LogP contribution in [-0.4, -0.2) is 24.5 Å². The molecule has 1 aliphatic rings. The zero-order valence-corrected chi connectivity index (χ0v) is 15.0. The minimum atomic E-state index is -1.27. The van der Waals surface area contributed by atoms with Gasteiger partial charge in [0.25, 0.3) is 0 Å². The maximum Gasteiger partial charge on any atom is 0.236 e. The van der Waals surface area contributed by atoms with Gasteiger partial charge in [0, 0.05) is 12.1 Å². The highest BCUT2D eigenvalue weighted by Crippen LogP contribution is 2.51. The lowest BCUT2D eigenvalue weighted by molar-refractivity contribution is 0.0790. The molecular formula is C19H17BrO4. The van der Waals surface area contributed by atoms with Gasteiger partial charge in [0.15, 0.2) is 0 Å². The van der Waals surface area contributed by atoms with Gasteiger partial charge < -0.3 is 14.2 Å². The minimum Gasteiger partial charge on any atom is -0.496 e. The third-order valence-corrected chi connectivity index (χ3v) is 5.10. The highest BCUT2D eigenvalue weighted by atomic mass is 79.9. The molecule has 2 aromatic carbocycles. The van der Waals surface area contributed by atoms with Crippen molar-refractivity contribution < 1.29 is 19.0 Å². The largest absolute Gasteiger partial charge is 0.496 e. The standard InChI is InChI=1S/C19H17BrO4/c1-4-14(12-8-6-5-7-9-12)19(20)18(21)17-15(23-3)10-13(22-2)11-16(17)24-19/h4-11,14H,1H2,2-3H3/t14-,19?/m1/s1. The van der Waals surface area contributed by atoms with Crippen molar-refractivity contribution in [2.45, 2.75) is 10.4 Å². The number of methoxy groups -OCH3 is 2. The second kappa shape index (κ2) is 6.32. The van der Waals surface area contributed by atoms with E-state index >= 15 is 0 Å². The molecule has 2 aromatic rings. The molecule has 5 heteroatoms. The number of Topliss-reactive ketones (excluding diaryl/α,β-unsaturated/α-hetero) is 1. The van der Waals surface area contributed by atoms with E-state index in [-0.39, 0.29) is 11.7 Å². The molecule has 0 N–H and O–H groups in total. The molecule has 1 unspecified atom stereocenters. The van der Waals surface area contributed by atoms with Crippen molar-refractivity contribution in [2.75, 3.05) is 14.2 Å². The van der Waals surface area contributed by atoms with Crippen LogP contribution in [0, 0.1) is 0 Å². The van der Waals surface area contributed by atoms with Crippen molar-refractivity contribution in [3.8, 4) is 17.2 Å². The number of hydrogen-bond donors (Lipinski definition) is 0. The molecule has 1 heterocycles. The zero-order valence-electron chi connectivity index (χ0n) is 13.4. The quantitative estimate of drug-likeness (QED) is 0.564. The molecular weight excluding hydrogens is 372 g/mol. The van der Waals surface area contributed by atoms with Crippen LogP contribution in [0.2, 0.25) is 0 Å². The Bertz CT molecular complexity index is 787. The summed E-state index contributed by atoms with van der Waals surface area (Å²) in [5.41, 5.74) is 1.33. The van der Waals surface area contributed by atoms with E-state index in [0.717, 1.165) is 5.56 Å². The fraction of sp³-hybridized carbons (Fsp3) is 0.211. The number of rotatable bonds is 5. The Labute approximate surface area is 149 Å². The van der Waals surface area contributed by atoms with Gasteiger partial charge in [-0.1, -0.05) is 36.4 Å². The van der Waals surface area contributed by atoms with Crippen LogP contribution in [0.15, 0.2) is 55.1 Å². The molecule has 3 rings (SSSR count). The highest BCUT2D eigenvalue weighted by molar-refractivity contribution is 9.10. The number of halogens is 1. The molecule has 0 aliphatic carbocycles. The van der Waals surface area contributed by atoms with Crippen molar-refractivity contribution in [3.05, 3.63) is 66.2 Å². The Morgan fingerprint density at radius 2 is 1.92 bits per heavy atom. The lowest BCUT2D eigenvalue weighted by Gasteiger charge is -2.28. The Morgan fingerprint density at radius 1 is 1.21 bits per heavy atom. The topological polar surface area (TPSA) is 44.8 Å². The zero-order chi connectivity index (χ0) is 17.3. The van der Waals surface area contributed by atoms with Crippen LogP contribution in [0.1, 0.15) is 21.8 Å².